The lowest BCUT2D eigenvalue weighted by molar-refractivity contribution is -0.129. The SMILES string of the molecule is COc1ccc(Cl)cc1N/C(N)=N\C1NC(=O)C(CC#N)C(C)N1. The van der Waals surface area contributed by atoms with Crippen LogP contribution >= 0.6 is 11.6 Å². The maximum atomic E-state index is 12.0. The second kappa shape index (κ2) is 7.86. The summed E-state index contributed by atoms with van der Waals surface area (Å²) >= 11 is 5.96. The van der Waals surface area contributed by atoms with Gasteiger partial charge in [-0.25, -0.2) is 4.99 Å². The lowest BCUT2D eigenvalue weighted by Gasteiger charge is -2.32. The molecular formula is C15H19ClN6O2. The van der Waals surface area contributed by atoms with Gasteiger partial charge in [-0.2, -0.15) is 5.26 Å². The van der Waals surface area contributed by atoms with E-state index in [0.29, 0.717) is 16.5 Å². The highest BCUT2D eigenvalue weighted by Crippen LogP contribution is 2.27. The van der Waals surface area contributed by atoms with Gasteiger partial charge in [0.1, 0.15) is 5.75 Å². The van der Waals surface area contributed by atoms with Crippen molar-refractivity contribution in [2.75, 3.05) is 12.4 Å². The Morgan fingerprint density at radius 2 is 2.33 bits per heavy atom. The highest BCUT2D eigenvalue weighted by atomic mass is 35.5. The molecule has 2 rings (SSSR count). The molecule has 9 heteroatoms. The summed E-state index contributed by atoms with van der Waals surface area (Å²) in [6, 6.07) is 6.86. The summed E-state index contributed by atoms with van der Waals surface area (Å²) in [5.74, 6) is -0.00622. The number of rotatable bonds is 4. The van der Waals surface area contributed by atoms with Gasteiger partial charge in [-0.15, -0.1) is 0 Å². The molecule has 1 aliphatic heterocycles. The zero-order chi connectivity index (χ0) is 17.7. The van der Waals surface area contributed by atoms with Crippen LogP contribution in [0.3, 0.4) is 0 Å². The van der Waals surface area contributed by atoms with Gasteiger partial charge >= 0.3 is 0 Å². The molecule has 1 amide bonds. The number of anilines is 1. The van der Waals surface area contributed by atoms with Crippen LogP contribution in [0.2, 0.25) is 5.02 Å². The molecule has 1 aromatic rings. The van der Waals surface area contributed by atoms with E-state index in [0.717, 1.165) is 0 Å². The number of nitriles is 1. The van der Waals surface area contributed by atoms with E-state index in [1.165, 1.54) is 7.11 Å². The fraction of sp³-hybridized carbons (Fsp3) is 0.400. The zero-order valence-electron chi connectivity index (χ0n) is 13.3. The second-order valence-electron chi connectivity index (χ2n) is 5.32. The minimum Gasteiger partial charge on any atom is -0.495 e. The number of aliphatic imine (C=N–C) groups is 1. The van der Waals surface area contributed by atoms with Crippen LogP contribution < -0.4 is 26.4 Å². The minimum atomic E-state index is -0.680. The molecule has 128 valence electrons. The number of ether oxygens (including phenoxy) is 1. The number of hydrogen-bond donors (Lipinski definition) is 4. The standard InChI is InChI=1S/C15H19ClN6O2/c1-8-10(5-6-17)13(23)21-15(19-8)22-14(18)20-11-7-9(16)3-4-12(11)24-2/h3-4,7-8,10,15,19H,5H2,1-2H3,(H,21,23)(H3,18,20,22). The molecule has 1 fully saturated rings. The fourth-order valence-corrected chi connectivity index (χ4v) is 2.57. The summed E-state index contributed by atoms with van der Waals surface area (Å²) in [5.41, 5.74) is 6.45. The van der Waals surface area contributed by atoms with Crippen molar-refractivity contribution in [1.29, 1.82) is 5.26 Å². The number of halogens is 1. The minimum absolute atomic E-state index is 0.0827. The number of nitrogens with two attached hydrogens (primary N) is 1. The van der Waals surface area contributed by atoms with Crippen molar-refractivity contribution >= 4 is 29.2 Å². The van der Waals surface area contributed by atoms with Gasteiger partial charge in [0, 0.05) is 17.5 Å². The molecule has 1 aromatic carbocycles. The Kier molecular flexibility index (Phi) is 5.84. The number of carbonyl (C=O) groups is 1. The monoisotopic (exact) mass is 350 g/mol. The second-order valence-corrected chi connectivity index (χ2v) is 5.76. The van der Waals surface area contributed by atoms with Crippen molar-refractivity contribution in [3.8, 4) is 11.8 Å². The number of amides is 1. The van der Waals surface area contributed by atoms with E-state index in [1.54, 1.807) is 18.2 Å². The summed E-state index contributed by atoms with van der Waals surface area (Å²) < 4.78 is 5.22. The van der Waals surface area contributed by atoms with Crippen LogP contribution in [-0.4, -0.2) is 31.3 Å². The Labute approximate surface area is 145 Å². The van der Waals surface area contributed by atoms with Crippen LogP contribution in [0.1, 0.15) is 13.3 Å². The van der Waals surface area contributed by atoms with Crippen LogP contribution in [0.25, 0.3) is 0 Å². The van der Waals surface area contributed by atoms with E-state index in [-0.39, 0.29) is 24.3 Å². The van der Waals surface area contributed by atoms with Crippen LogP contribution in [0.5, 0.6) is 5.75 Å². The topological polar surface area (TPSA) is 125 Å². The van der Waals surface area contributed by atoms with E-state index in [2.05, 4.69) is 20.9 Å². The Morgan fingerprint density at radius 1 is 1.58 bits per heavy atom. The Balaban J connectivity index is 2.08. The first kappa shape index (κ1) is 17.8. The van der Waals surface area contributed by atoms with Crippen LogP contribution in [0.4, 0.5) is 5.69 Å². The van der Waals surface area contributed by atoms with Crippen LogP contribution in [0, 0.1) is 17.2 Å². The number of guanidine groups is 1. The third kappa shape index (κ3) is 4.28. The first-order valence-corrected chi connectivity index (χ1v) is 7.69. The van der Waals surface area contributed by atoms with E-state index in [9.17, 15) is 4.79 Å². The van der Waals surface area contributed by atoms with Gasteiger partial charge < -0.3 is 21.1 Å². The van der Waals surface area contributed by atoms with Gasteiger partial charge in [-0.05, 0) is 25.1 Å². The first-order chi connectivity index (χ1) is 11.4. The Morgan fingerprint density at radius 3 is 2.96 bits per heavy atom. The lowest BCUT2D eigenvalue weighted by atomic mass is 9.95. The predicted molar refractivity (Wildman–Crippen MR) is 91.5 cm³/mol. The molecule has 0 radical (unpaired) electrons. The predicted octanol–water partition coefficient (Wildman–Crippen LogP) is 0.997. The van der Waals surface area contributed by atoms with Gasteiger partial charge in [-0.1, -0.05) is 11.6 Å². The van der Waals surface area contributed by atoms with Crippen molar-refractivity contribution in [1.82, 2.24) is 10.6 Å². The number of methoxy groups -OCH3 is 1. The van der Waals surface area contributed by atoms with Crippen LogP contribution in [-0.2, 0) is 4.79 Å². The molecule has 0 bridgehead atoms. The lowest BCUT2D eigenvalue weighted by Crippen LogP contribution is -2.60. The Bertz CT molecular complexity index is 687. The molecular weight excluding hydrogens is 332 g/mol. The van der Waals surface area contributed by atoms with Crippen molar-refractivity contribution in [2.24, 2.45) is 16.6 Å². The molecule has 0 spiro atoms. The smallest absolute Gasteiger partial charge is 0.228 e. The maximum Gasteiger partial charge on any atom is 0.228 e. The zero-order valence-corrected chi connectivity index (χ0v) is 14.1. The van der Waals surface area contributed by atoms with Crippen LogP contribution in [0.15, 0.2) is 23.2 Å². The third-order valence-electron chi connectivity index (χ3n) is 3.64. The molecule has 1 saturated heterocycles. The van der Waals surface area contributed by atoms with Crippen molar-refractivity contribution in [2.45, 2.75) is 25.7 Å². The molecule has 1 aliphatic rings. The summed E-state index contributed by atoms with van der Waals surface area (Å²) in [7, 11) is 1.53. The normalized spacial score (nSPS) is 24.0. The molecule has 1 heterocycles. The number of hydrogen-bond acceptors (Lipinski definition) is 5. The molecule has 5 N–H and O–H groups in total. The highest BCUT2D eigenvalue weighted by Gasteiger charge is 2.33. The molecule has 0 saturated carbocycles. The van der Waals surface area contributed by atoms with E-state index < -0.39 is 12.2 Å². The van der Waals surface area contributed by atoms with Crippen molar-refractivity contribution in [3.05, 3.63) is 23.2 Å². The molecule has 3 atom stereocenters. The Hall–Kier alpha value is -2.50. The van der Waals surface area contributed by atoms with E-state index >= 15 is 0 Å². The number of nitrogens with one attached hydrogen (secondary N) is 3. The summed E-state index contributed by atoms with van der Waals surface area (Å²) in [5, 5.41) is 17.9. The average molecular weight is 351 g/mol. The average Bonchev–Trinajstić information content (AvgIpc) is 2.51. The van der Waals surface area contributed by atoms with Gasteiger partial charge in [0.2, 0.25) is 5.91 Å². The van der Waals surface area contributed by atoms with Gasteiger partial charge in [-0.3, -0.25) is 10.1 Å². The van der Waals surface area contributed by atoms with Gasteiger partial charge in [0.25, 0.3) is 0 Å². The summed E-state index contributed by atoms with van der Waals surface area (Å²) in [4.78, 5) is 16.2. The molecule has 0 aromatic heterocycles. The maximum absolute atomic E-state index is 12.0. The van der Waals surface area contributed by atoms with E-state index in [4.69, 9.17) is 27.3 Å². The molecule has 8 nitrogen and oxygen atoms in total. The molecule has 3 unspecified atom stereocenters. The quantitative estimate of drug-likeness (QED) is 0.474. The van der Waals surface area contributed by atoms with E-state index in [1.807, 2.05) is 13.0 Å². The highest BCUT2D eigenvalue weighted by molar-refractivity contribution is 6.31. The number of benzene rings is 1. The van der Waals surface area contributed by atoms with Crippen molar-refractivity contribution < 1.29 is 9.53 Å². The molecule has 24 heavy (non-hydrogen) atoms. The number of nitrogens with zero attached hydrogens (tertiary/aromatic N) is 2. The van der Waals surface area contributed by atoms with Gasteiger partial charge in [0.05, 0.1) is 24.8 Å². The third-order valence-corrected chi connectivity index (χ3v) is 3.88. The number of carbonyl (C=O) groups excluding carboxylic acids is 1. The molecule has 0 aliphatic carbocycles. The van der Waals surface area contributed by atoms with Crippen molar-refractivity contribution in [3.63, 3.8) is 0 Å². The summed E-state index contributed by atoms with van der Waals surface area (Å²) in [6.45, 7) is 1.83. The first-order valence-electron chi connectivity index (χ1n) is 7.31. The fourth-order valence-electron chi connectivity index (χ4n) is 2.40. The largest absolute Gasteiger partial charge is 0.495 e. The van der Waals surface area contributed by atoms with Gasteiger partial charge in [0.15, 0.2) is 12.2 Å². The summed E-state index contributed by atoms with van der Waals surface area (Å²) in [6.07, 6.45) is -0.538.